The Labute approximate surface area is 180 Å². The van der Waals surface area contributed by atoms with E-state index in [0.29, 0.717) is 23.1 Å². The molecule has 0 spiro atoms. The van der Waals surface area contributed by atoms with Crippen molar-refractivity contribution in [2.24, 2.45) is 0 Å². The van der Waals surface area contributed by atoms with E-state index in [1.165, 1.54) is 19.3 Å². The minimum atomic E-state index is -0.0691. The fourth-order valence-electron chi connectivity index (χ4n) is 4.42. The first-order chi connectivity index (χ1) is 14.6. The van der Waals surface area contributed by atoms with E-state index >= 15 is 0 Å². The number of aromatic nitrogens is 4. The van der Waals surface area contributed by atoms with Gasteiger partial charge in [-0.3, -0.25) is 4.79 Å². The molecule has 2 aliphatic rings. The third kappa shape index (κ3) is 3.43. The summed E-state index contributed by atoms with van der Waals surface area (Å²) in [6.45, 7) is 4.00. The van der Waals surface area contributed by atoms with Crippen molar-refractivity contribution in [2.45, 2.75) is 38.5 Å². The molecular formula is C22H23ClN6O. The van der Waals surface area contributed by atoms with Gasteiger partial charge < -0.3 is 10.2 Å². The zero-order valence-corrected chi connectivity index (χ0v) is 17.6. The maximum absolute atomic E-state index is 12.5. The van der Waals surface area contributed by atoms with E-state index in [1.54, 1.807) is 4.68 Å². The molecule has 1 aromatic carbocycles. The normalized spacial score (nSPS) is 18.8. The lowest BCUT2D eigenvalue weighted by atomic mass is 9.86. The van der Waals surface area contributed by atoms with Gasteiger partial charge in [-0.25, -0.2) is 0 Å². The first-order valence-corrected chi connectivity index (χ1v) is 10.7. The first-order valence-electron chi connectivity index (χ1n) is 10.3. The topological polar surface area (TPSA) is 75.9 Å². The number of aryl methyl sites for hydroxylation is 1. The van der Waals surface area contributed by atoms with Crippen molar-refractivity contribution in [2.75, 3.05) is 23.3 Å². The maximum Gasteiger partial charge on any atom is 0.226 e. The fourth-order valence-corrected chi connectivity index (χ4v) is 4.54. The molecule has 0 bridgehead atoms. The molecule has 1 atom stereocenters. The van der Waals surface area contributed by atoms with Crippen molar-refractivity contribution >= 4 is 29.1 Å². The van der Waals surface area contributed by atoms with Gasteiger partial charge in [0.1, 0.15) is 5.82 Å². The summed E-state index contributed by atoms with van der Waals surface area (Å²) in [6, 6.07) is 11.6. The quantitative estimate of drug-likeness (QED) is 0.688. The Hall–Kier alpha value is -2.93. The van der Waals surface area contributed by atoms with E-state index < -0.39 is 0 Å². The lowest BCUT2D eigenvalue weighted by Gasteiger charge is -2.27. The Kier molecular flexibility index (Phi) is 4.90. The molecule has 8 heteroatoms. The highest BCUT2D eigenvalue weighted by Crippen LogP contribution is 2.40. The van der Waals surface area contributed by atoms with Crippen LogP contribution in [0.4, 0.5) is 11.6 Å². The summed E-state index contributed by atoms with van der Waals surface area (Å²) in [4.78, 5) is 14.8. The van der Waals surface area contributed by atoms with Crippen LogP contribution in [0.25, 0.3) is 5.82 Å². The number of anilines is 2. The lowest BCUT2D eigenvalue weighted by molar-refractivity contribution is -0.116. The minimum Gasteiger partial charge on any atom is -0.355 e. The molecule has 2 aliphatic heterocycles. The van der Waals surface area contributed by atoms with Crippen molar-refractivity contribution < 1.29 is 4.79 Å². The highest BCUT2D eigenvalue weighted by molar-refractivity contribution is 6.30. The van der Waals surface area contributed by atoms with Crippen molar-refractivity contribution in [3.05, 3.63) is 58.2 Å². The molecule has 5 rings (SSSR count). The van der Waals surface area contributed by atoms with Crippen LogP contribution >= 0.6 is 11.6 Å². The number of amides is 1. The Bertz CT molecular complexity index is 1070. The van der Waals surface area contributed by atoms with Crippen LogP contribution in [0.5, 0.6) is 0 Å². The predicted octanol–water partition coefficient (Wildman–Crippen LogP) is 4.09. The van der Waals surface area contributed by atoms with E-state index in [4.69, 9.17) is 16.7 Å². The van der Waals surface area contributed by atoms with E-state index in [9.17, 15) is 4.79 Å². The zero-order chi connectivity index (χ0) is 20.7. The van der Waals surface area contributed by atoms with Gasteiger partial charge in [-0.2, -0.15) is 9.78 Å². The second-order valence-electron chi connectivity index (χ2n) is 7.91. The molecule has 30 heavy (non-hydrogen) atoms. The molecule has 4 heterocycles. The summed E-state index contributed by atoms with van der Waals surface area (Å²) in [5, 5.41) is 17.2. The fraction of sp³-hybridized carbons (Fsp3) is 0.364. The Morgan fingerprint density at radius 2 is 1.70 bits per heavy atom. The van der Waals surface area contributed by atoms with Gasteiger partial charge in [0, 0.05) is 36.0 Å². The summed E-state index contributed by atoms with van der Waals surface area (Å²) < 4.78 is 1.69. The number of benzene rings is 1. The monoisotopic (exact) mass is 422 g/mol. The van der Waals surface area contributed by atoms with Crippen LogP contribution in [0, 0.1) is 6.92 Å². The second-order valence-corrected chi connectivity index (χ2v) is 8.35. The van der Waals surface area contributed by atoms with Crippen molar-refractivity contribution in [3.63, 3.8) is 0 Å². The predicted molar refractivity (Wildman–Crippen MR) is 116 cm³/mol. The minimum absolute atomic E-state index is 0.0403. The van der Waals surface area contributed by atoms with E-state index in [2.05, 4.69) is 20.4 Å². The average Bonchev–Trinajstić information content (AvgIpc) is 3.10. The summed E-state index contributed by atoms with van der Waals surface area (Å²) in [5.41, 5.74) is 2.93. The van der Waals surface area contributed by atoms with Gasteiger partial charge in [0.25, 0.3) is 0 Å². The smallest absolute Gasteiger partial charge is 0.226 e. The third-order valence-corrected chi connectivity index (χ3v) is 6.16. The van der Waals surface area contributed by atoms with E-state index in [-0.39, 0.29) is 11.8 Å². The molecule has 2 aromatic heterocycles. The van der Waals surface area contributed by atoms with Crippen molar-refractivity contribution in [3.8, 4) is 5.82 Å². The van der Waals surface area contributed by atoms with Crippen LogP contribution in [0.15, 0.2) is 36.4 Å². The number of carbonyl (C=O) groups is 1. The number of nitrogens with one attached hydrogen (secondary N) is 1. The van der Waals surface area contributed by atoms with Gasteiger partial charge in [0.05, 0.1) is 5.69 Å². The summed E-state index contributed by atoms with van der Waals surface area (Å²) in [6.07, 6.45) is 4.02. The molecule has 0 aliphatic carbocycles. The molecule has 3 aromatic rings. The standard InChI is InChI=1S/C22H23ClN6O/c1-14-21-17(15-5-7-16(23)8-6-15)13-20(30)24-22(21)29(27-14)19-10-9-18(25-26-19)28-11-3-2-4-12-28/h5-10,17H,2-4,11-13H2,1H3,(H,24,30)/t17-/m1/s1. The van der Waals surface area contributed by atoms with Gasteiger partial charge in [0.15, 0.2) is 11.6 Å². The molecule has 1 saturated heterocycles. The molecule has 0 radical (unpaired) electrons. The number of fused-ring (bicyclic) bond motifs is 1. The van der Waals surface area contributed by atoms with Crippen molar-refractivity contribution in [1.29, 1.82) is 0 Å². The number of hydrogen-bond acceptors (Lipinski definition) is 5. The maximum atomic E-state index is 12.5. The Balaban J connectivity index is 1.51. The second kappa shape index (κ2) is 7.72. The number of piperidine rings is 1. The summed E-state index contributed by atoms with van der Waals surface area (Å²) in [5.74, 6) is 2.04. The van der Waals surface area contributed by atoms with Gasteiger partial charge in [-0.1, -0.05) is 23.7 Å². The third-order valence-electron chi connectivity index (χ3n) is 5.91. The van der Waals surface area contributed by atoms with E-state index in [0.717, 1.165) is 35.7 Å². The van der Waals surface area contributed by atoms with Gasteiger partial charge >= 0.3 is 0 Å². The number of hydrogen-bond donors (Lipinski definition) is 1. The van der Waals surface area contributed by atoms with Crippen LogP contribution in [-0.4, -0.2) is 39.0 Å². The molecule has 0 unspecified atom stereocenters. The molecule has 1 N–H and O–H groups in total. The highest BCUT2D eigenvalue weighted by Gasteiger charge is 2.33. The Morgan fingerprint density at radius 1 is 1.00 bits per heavy atom. The number of nitrogens with zero attached hydrogens (tertiary/aromatic N) is 5. The zero-order valence-electron chi connectivity index (χ0n) is 16.8. The average molecular weight is 423 g/mol. The molecule has 7 nitrogen and oxygen atoms in total. The van der Waals surface area contributed by atoms with Gasteiger partial charge in [-0.05, 0) is 56.0 Å². The van der Waals surface area contributed by atoms with Crippen LogP contribution in [0.3, 0.4) is 0 Å². The van der Waals surface area contributed by atoms with Crippen LogP contribution in [-0.2, 0) is 4.79 Å². The molecule has 1 amide bonds. The van der Waals surface area contributed by atoms with Crippen LogP contribution in [0.2, 0.25) is 5.02 Å². The summed E-state index contributed by atoms with van der Waals surface area (Å²) >= 11 is 6.05. The van der Waals surface area contributed by atoms with E-state index in [1.807, 2.05) is 43.3 Å². The molecule has 0 saturated carbocycles. The van der Waals surface area contributed by atoms with Gasteiger partial charge in [0.2, 0.25) is 5.91 Å². The number of halogens is 1. The van der Waals surface area contributed by atoms with Crippen LogP contribution < -0.4 is 10.2 Å². The summed E-state index contributed by atoms with van der Waals surface area (Å²) in [7, 11) is 0. The van der Waals surface area contributed by atoms with Crippen molar-refractivity contribution in [1.82, 2.24) is 20.0 Å². The SMILES string of the molecule is Cc1nn(-c2ccc(N3CCCCC3)nn2)c2c1[C@@H](c1ccc(Cl)cc1)CC(=O)N2. The number of rotatable bonds is 3. The highest BCUT2D eigenvalue weighted by atomic mass is 35.5. The molecule has 1 fully saturated rings. The first kappa shape index (κ1) is 19.1. The van der Waals surface area contributed by atoms with Gasteiger partial charge in [-0.15, -0.1) is 10.2 Å². The number of carbonyl (C=O) groups excluding carboxylic acids is 1. The molecule has 154 valence electrons. The lowest BCUT2D eigenvalue weighted by Crippen LogP contribution is -2.30. The largest absolute Gasteiger partial charge is 0.355 e. The Morgan fingerprint density at radius 3 is 2.40 bits per heavy atom. The van der Waals surface area contributed by atoms with Crippen LogP contribution in [0.1, 0.15) is 48.4 Å². The molecular weight excluding hydrogens is 400 g/mol.